The zero-order valence-corrected chi connectivity index (χ0v) is 25.3. The van der Waals surface area contributed by atoms with Crippen LogP contribution in [0.1, 0.15) is 67.4 Å². The van der Waals surface area contributed by atoms with Crippen LogP contribution >= 0.6 is 0 Å². The van der Waals surface area contributed by atoms with E-state index in [1.165, 1.54) is 13.0 Å². The Morgan fingerprint density at radius 1 is 0.872 bits per heavy atom. The van der Waals surface area contributed by atoms with E-state index < -0.39 is 68.6 Å². The number of hydrogen-bond donors (Lipinski definition) is 0. The lowest BCUT2D eigenvalue weighted by atomic mass is 9.78. The van der Waals surface area contributed by atoms with Gasteiger partial charge in [0.15, 0.2) is 25.7 Å². The molecule has 1 aliphatic rings. The molecule has 0 spiro atoms. The average Bonchev–Trinajstić information content (AvgIpc) is 3.11. The summed E-state index contributed by atoms with van der Waals surface area (Å²) in [5.74, 6) is -6.16. The Morgan fingerprint density at radius 3 is 1.92 bits per heavy atom. The first-order chi connectivity index (χ1) is 18.1. The Bertz CT molecular complexity index is 1100. The second-order valence-electron chi connectivity index (χ2n) is 11.4. The lowest BCUT2D eigenvalue weighted by Gasteiger charge is -2.45. The number of halogens is 4. The van der Waals surface area contributed by atoms with E-state index in [2.05, 4.69) is 0 Å². The molecule has 0 aliphatic carbocycles. The summed E-state index contributed by atoms with van der Waals surface area (Å²) in [5, 5.41) is 0. The fraction of sp³-hybridized carbons (Fsp3) is 0.586. The molecule has 0 N–H and O–H groups in total. The third-order valence-corrected chi connectivity index (χ3v) is 13.3. The summed E-state index contributed by atoms with van der Waals surface area (Å²) in [5.41, 5.74) is -3.12. The highest BCUT2D eigenvalue weighted by molar-refractivity contribution is 6.73. The van der Waals surface area contributed by atoms with Crippen LogP contribution < -0.4 is 10.2 Å². The maximum absolute atomic E-state index is 16.1. The molecule has 0 bridgehead atoms. The maximum Gasteiger partial charge on any atom is 0.498 e. The summed E-state index contributed by atoms with van der Waals surface area (Å²) in [7, 11) is -3.57. The molecule has 0 radical (unpaired) electrons. The van der Waals surface area contributed by atoms with Crippen LogP contribution in [0, 0.1) is 11.6 Å². The number of benzene rings is 2. The largest absolute Gasteiger partial charge is 0.498 e. The van der Waals surface area contributed by atoms with Gasteiger partial charge in [-0.25, -0.2) is 17.6 Å². The Balaban J connectivity index is 1.86. The minimum absolute atomic E-state index is 0.0566. The first-order valence-electron chi connectivity index (χ1n) is 13.7. The Hall–Kier alpha value is -1.88. The van der Waals surface area contributed by atoms with Crippen molar-refractivity contribution in [2.45, 2.75) is 103 Å². The van der Waals surface area contributed by atoms with Gasteiger partial charge in [-0.05, 0) is 64.4 Å². The van der Waals surface area contributed by atoms with Crippen LogP contribution in [0.15, 0.2) is 42.5 Å². The third-order valence-electron chi connectivity index (χ3n) is 8.62. The summed E-state index contributed by atoms with van der Waals surface area (Å²) >= 11 is 0. The summed E-state index contributed by atoms with van der Waals surface area (Å²) < 4.78 is 85.8. The van der Waals surface area contributed by atoms with Gasteiger partial charge >= 0.3 is 7.12 Å². The van der Waals surface area contributed by atoms with Crippen molar-refractivity contribution in [1.29, 1.82) is 0 Å². The van der Waals surface area contributed by atoms with Crippen molar-refractivity contribution in [2.24, 2.45) is 0 Å². The molecule has 216 valence electrons. The Labute approximate surface area is 231 Å². The van der Waals surface area contributed by atoms with Crippen molar-refractivity contribution in [3.8, 4) is 5.75 Å². The molecule has 1 atom stereocenters. The van der Waals surface area contributed by atoms with E-state index in [1.54, 1.807) is 30.3 Å². The number of ether oxygens (including phenoxy) is 1. The second-order valence-corrected chi connectivity index (χ2v) is 16.1. The number of alkyl halides is 2. The fourth-order valence-electron chi connectivity index (χ4n) is 4.85. The SMILES string of the molecule is CC[Si](CC)(CC)OC(C)(c1ccccc1)C(F)(F)CCOc1c(F)ccc(B2OC(C)(C)C(C)(C)O2)c1F. The molecule has 39 heavy (non-hydrogen) atoms. The highest BCUT2D eigenvalue weighted by atomic mass is 28.4. The molecule has 1 aliphatic heterocycles. The fourth-order valence-corrected chi connectivity index (χ4v) is 7.92. The third kappa shape index (κ3) is 6.09. The van der Waals surface area contributed by atoms with E-state index in [9.17, 15) is 4.39 Å². The molecular weight excluding hydrogens is 527 g/mol. The lowest BCUT2D eigenvalue weighted by Crippen LogP contribution is -2.53. The average molecular weight is 569 g/mol. The van der Waals surface area contributed by atoms with Crippen LogP contribution in [0.25, 0.3) is 0 Å². The van der Waals surface area contributed by atoms with E-state index in [0.29, 0.717) is 23.7 Å². The van der Waals surface area contributed by atoms with E-state index >= 15 is 13.2 Å². The van der Waals surface area contributed by atoms with Gasteiger partial charge in [0.2, 0.25) is 0 Å². The van der Waals surface area contributed by atoms with E-state index in [0.717, 1.165) is 6.07 Å². The maximum atomic E-state index is 16.1. The molecule has 2 aromatic rings. The van der Waals surface area contributed by atoms with Crippen LogP contribution in [-0.2, 0) is 19.3 Å². The molecule has 4 nitrogen and oxygen atoms in total. The molecule has 10 heteroatoms. The highest BCUT2D eigenvalue weighted by Crippen LogP contribution is 2.47. The predicted octanol–water partition coefficient (Wildman–Crippen LogP) is 7.61. The smallest absolute Gasteiger partial charge is 0.487 e. The second kappa shape index (κ2) is 11.5. The van der Waals surface area contributed by atoms with Crippen molar-refractivity contribution >= 4 is 20.9 Å². The Kier molecular flexibility index (Phi) is 9.37. The minimum atomic E-state index is -3.40. The molecule has 0 saturated carbocycles. The number of rotatable bonds is 12. The zero-order chi connectivity index (χ0) is 29.3. The summed E-state index contributed by atoms with van der Waals surface area (Å²) in [6.07, 6.45) is -0.806. The molecule has 1 fully saturated rings. The van der Waals surface area contributed by atoms with Gasteiger partial charge in [-0.1, -0.05) is 57.2 Å². The molecule has 0 aromatic heterocycles. The van der Waals surface area contributed by atoms with Crippen molar-refractivity contribution in [2.75, 3.05) is 6.61 Å². The summed E-state index contributed by atoms with van der Waals surface area (Å²) in [6, 6.07) is 12.7. The van der Waals surface area contributed by atoms with Crippen molar-refractivity contribution in [1.82, 2.24) is 0 Å². The van der Waals surface area contributed by atoms with Gasteiger partial charge in [-0.15, -0.1) is 0 Å². The quantitative estimate of drug-likeness (QED) is 0.195. The van der Waals surface area contributed by atoms with Gasteiger partial charge in [-0.2, -0.15) is 0 Å². The monoisotopic (exact) mass is 568 g/mol. The molecule has 3 rings (SSSR count). The topological polar surface area (TPSA) is 36.9 Å². The summed E-state index contributed by atoms with van der Waals surface area (Å²) in [4.78, 5) is 0. The van der Waals surface area contributed by atoms with E-state index in [-0.39, 0.29) is 5.46 Å². The van der Waals surface area contributed by atoms with Crippen molar-refractivity contribution in [3.05, 3.63) is 59.7 Å². The van der Waals surface area contributed by atoms with Gasteiger partial charge in [0.1, 0.15) is 5.60 Å². The van der Waals surface area contributed by atoms with Gasteiger partial charge < -0.3 is 18.5 Å². The van der Waals surface area contributed by atoms with Crippen LogP contribution in [0.5, 0.6) is 5.75 Å². The van der Waals surface area contributed by atoms with E-state index in [1.807, 2.05) is 48.5 Å². The molecule has 0 amide bonds. The first-order valence-corrected chi connectivity index (χ1v) is 16.2. The van der Waals surface area contributed by atoms with Gasteiger partial charge in [0.25, 0.3) is 5.92 Å². The molecule has 1 heterocycles. The van der Waals surface area contributed by atoms with Crippen LogP contribution in [0.3, 0.4) is 0 Å². The predicted molar refractivity (Wildman–Crippen MR) is 149 cm³/mol. The minimum Gasteiger partial charge on any atom is -0.487 e. The van der Waals surface area contributed by atoms with Crippen LogP contribution in [0.2, 0.25) is 18.1 Å². The van der Waals surface area contributed by atoms with Crippen molar-refractivity contribution in [3.63, 3.8) is 0 Å². The van der Waals surface area contributed by atoms with Crippen LogP contribution in [0.4, 0.5) is 17.6 Å². The molecule has 1 saturated heterocycles. The summed E-state index contributed by atoms with van der Waals surface area (Å²) in [6.45, 7) is 14.0. The highest BCUT2D eigenvalue weighted by Gasteiger charge is 2.56. The lowest BCUT2D eigenvalue weighted by molar-refractivity contribution is -0.175. The van der Waals surface area contributed by atoms with E-state index in [4.69, 9.17) is 18.5 Å². The van der Waals surface area contributed by atoms with Gasteiger partial charge in [0, 0.05) is 11.9 Å². The molecule has 1 unspecified atom stereocenters. The number of hydrogen-bond acceptors (Lipinski definition) is 4. The first kappa shape index (κ1) is 31.6. The van der Waals surface area contributed by atoms with Gasteiger partial charge in [0.05, 0.1) is 17.8 Å². The van der Waals surface area contributed by atoms with Crippen LogP contribution in [-0.4, -0.2) is 39.2 Å². The zero-order valence-electron chi connectivity index (χ0n) is 24.3. The molecule has 2 aromatic carbocycles. The normalized spacial score (nSPS) is 18.7. The van der Waals surface area contributed by atoms with Gasteiger partial charge in [-0.3, -0.25) is 0 Å². The standard InChI is InChI=1S/C29H41BF4O4Si/c1-9-39(10-2,11-3)38-28(8,21-15-13-12-14-16-21)29(33,34)19-20-35-25-23(31)18-17-22(24(25)32)30-36-26(4,5)27(6,7)37-30/h12-18H,9-11,19-20H2,1-8H3. The van der Waals surface area contributed by atoms with Crippen molar-refractivity contribution < 1.29 is 36.0 Å². The Morgan fingerprint density at radius 2 is 1.41 bits per heavy atom. The molecular formula is C29H41BF4O4Si.